The second kappa shape index (κ2) is 8.20. The number of piperazine rings is 1. The van der Waals surface area contributed by atoms with E-state index in [2.05, 4.69) is 4.90 Å². The van der Waals surface area contributed by atoms with Crippen LogP contribution in [0.1, 0.15) is 6.42 Å². The highest BCUT2D eigenvalue weighted by Crippen LogP contribution is 2.30. The van der Waals surface area contributed by atoms with E-state index in [0.29, 0.717) is 23.8 Å². The largest absolute Gasteiger partial charge is 0.368 e. The molecule has 1 atom stereocenters. The van der Waals surface area contributed by atoms with Crippen LogP contribution in [0.4, 0.5) is 15.8 Å². The third-order valence-corrected chi connectivity index (χ3v) is 6.01. The lowest BCUT2D eigenvalue weighted by Gasteiger charge is -2.37. The van der Waals surface area contributed by atoms with Gasteiger partial charge in [0.05, 0.1) is 10.9 Å². The minimum Gasteiger partial charge on any atom is -0.368 e. The molecule has 2 aliphatic rings. The van der Waals surface area contributed by atoms with Crippen molar-refractivity contribution in [1.82, 2.24) is 4.90 Å². The number of hydrogen-bond donors (Lipinski definition) is 0. The van der Waals surface area contributed by atoms with Crippen LogP contribution in [0.5, 0.6) is 0 Å². The van der Waals surface area contributed by atoms with Crippen LogP contribution < -0.4 is 9.80 Å². The topological polar surface area (TPSA) is 43.9 Å². The first-order valence-corrected chi connectivity index (χ1v) is 10.2. The molecule has 2 aromatic carbocycles. The van der Waals surface area contributed by atoms with Gasteiger partial charge in [-0.1, -0.05) is 23.2 Å². The van der Waals surface area contributed by atoms with Crippen molar-refractivity contribution in [2.75, 3.05) is 42.5 Å². The Morgan fingerprint density at radius 1 is 0.966 bits per heavy atom. The van der Waals surface area contributed by atoms with E-state index >= 15 is 0 Å². The van der Waals surface area contributed by atoms with Crippen LogP contribution in [0, 0.1) is 11.7 Å². The van der Waals surface area contributed by atoms with Crippen LogP contribution in [0.15, 0.2) is 42.5 Å². The molecule has 0 aromatic heterocycles. The molecule has 4 rings (SSSR count). The molecule has 0 radical (unpaired) electrons. The van der Waals surface area contributed by atoms with E-state index in [1.165, 1.54) is 23.1 Å². The number of amides is 2. The van der Waals surface area contributed by atoms with Gasteiger partial charge < -0.3 is 14.7 Å². The van der Waals surface area contributed by atoms with Crippen LogP contribution >= 0.6 is 23.2 Å². The summed E-state index contributed by atoms with van der Waals surface area (Å²) in [5.41, 5.74) is 1.60. The maximum absolute atomic E-state index is 13.4. The first-order valence-electron chi connectivity index (χ1n) is 9.47. The molecular formula is C21H20Cl2FN3O2. The quantitative estimate of drug-likeness (QED) is 0.735. The van der Waals surface area contributed by atoms with Gasteiger partial charge in [-0.05, 0) is 42.5 Å². The molecule has 0 unspecified atom stereocenters. The van der Waals surface area contributed by atoms with Gasteiger partial charge in [0, 0.05) is 55.5 Å². The average Bonchev–Trinajstić information content (AvgIpc) is 3.12. The highest BCUT2D eigenvalue weighted by Gasteiger charge is 2.38. The van der Waals surface area contributed by atoms with Crippen molar-refractivity contribution in [3.8, 4) is 0 Å². The molecule has 2 aromatic rings. The minimum atomic E-state index is -0.534. The molecule has 8 heteroatoms. The van der Waals surface area contributed by atoms with Gasteiger partial charge in [0.2, 0.25) is 11.8 Å². The molecule has 0 bridgehead atoms. The zero-order chi connectivity index (χ0) is 20.5. The Kier molecular flexibility index (Phi) is 5.65. The Morgan fingerprint density at radius 3 is 2.28 bits per heavy atom. The summed E-state index contributed by atoms with van der Waals surface area (Å²) in [7, 11) is 0. The SMILES string of the molecule is O=C([C@@H]1CC(=O)N(c2ccc(F)c(Cl)c2)C1)N1CCN(c2ccc(Cl)cc2)CC1. The maximum Gasteiger partial charge on any atom is 0.228 e. The fourth-order valence-electron chi connectivity index (χ4n) is 3.87. The van der Waals surface area contributed by atoms with Gasteiger partial charge in [-0.15, -0.1) is 0 Å². The highest BCUT2D eigenvalue weighted by atomic mass is 35.5. The van der Waals surface area contributed by atoms with Gasteiger partial charge in [-0.25, -0.2) is 4.39 Å². The highest BCUT2D eigenvalue weighted by molar-refractivity contribution is 6.31. The molecule has 2 saturated heterocycles. The molecule has 5 nitrogen and oxygen atoms in total. The van der Waals surface area contributed by atoms with E-state index in [-0.39, 0.29) is 29.8 Å². The molecule has 0 saturated carbocycles. The molecule has 0 aliphatic carbocycles. The molecule has 0 N–H and O–H groups in total. The molecule has 2 heterocycles. The smallest absolute Gasteiger partial charge is 0.228 e. The van der Waals surface area contributed by atoms with E-state index in [9.17, 15) is 14.0 Å². The first-order chi connectivity index (χ1) is 13.9. The van der Waals surface area contributed by atoms with Crippen molar-refractivity contribution in [2.45, 2.75) is 6.42 Å². The minimum absolute atomic E-state index is 0.00943. The van der Waals surface area contributed by atoms with Crippen molar-refractivity contribution in [2.24, 2.45) is 5.92 Å². The van der Waals surface area contributed by atoms with E-state index in [1.807, 2.05) is 29.2 Å². The van der Waals surface area contributed by atoms with Crippen molar-refractivity contribution in [1.29, 1.82) is 0 Å². The molecule has 0 spiro atoms. The van der Waals surface area contributed by atoms with Crippen molar-refractivity contribution >= 4 is 46.4 Å². The number of rotatable bonds is 3. The number of hydrogen-bond acceptors (Lipinski definition) is 3. The molecule has 2 aliphatic heterocycles. The lowest BCUT2D eigenvalue weighted by Crippen LogP contribution is -2.50. The summed E-state index contributed by atoms with van der Waals surface area (Å²) in [6, 6.07) is 11.8. The van der Waals surface area contributed by atoms with Crippen molar-refractivity contribution in [3.05, 3.63) is 58.3 Å². The van der Waals surface area contributed by atoms with Crippen molar-refractivity contribution < 1.29 is 14.0 Å². The second-order valence-corrected chi connectivity index (χ2v) is 8.14. The Labute approximate surface area is 178 Å². The summed E-state index contributed by atoms with van der Waals surface area (Å²) >= 11 is 11.8. The van der Waals surface area contributed by atoms with Crippen LogP contribution in [-0.4, -0.2) is 49.4 Å². The monoisotopic (exact) mass is 435 g/mol. The van der Waals surface area contributed by atoms with E-state index < -0.39 is 11.7 Å². The van der Waals surface area contributed by atoms with E-state index in [1.54, 1.807) is 0 Å². The number of carbonyl (C=O) groups excluding carboxylic acids is 2. The average molecular weight is 436 g/mol. The van der Waals surface area contributed by atoms with Gasteiger partial charge in [-0.3, -0.25) is 9.59 Å². The normalized spacial score (nSPS) is 19.8. The summed E-state index contributed by atoms with van der Waals surface area (Å²) in [6.45, 7) is 2.96. The summed E-state index contributed by atoms with van der Waals surface area (Å²) in [6.07, 6.45) is 0.158. The van der Waals surface area contributed by atoms with E-state index in [4.69, 9.17) is 23.2 Å². The van der Waals surface area contributed by atoms with Crippen LogP contribution in [-0.2, 0) is 9.59 Å². The number of halogens is 3. The predicted molar refractivity (Wildman–Crippen MR) is 112 cm³/mol. The summed E-state index contributed by atoms with van der Waals surface area (Å²) < 4.78 is 13.4. The molecular weight excluding hydrogens is 416 g/mol. The van der Waals surface area contributed by atoms with Crippen LogP contribution in [0.3, 0.4) is 0 Å². The van der Waals surface area contributed by atoms with Crippen molar-refractivity contribution in [3.63, 3.8) is 0 Å². The fraction of sp³-hybridized carbons (Fsp3) is 0.333. The zero-order valence-corrected chi connectivity index (χ0v) is 17.2. The van der Waals surface area contributed by atoms with Gasteiger partial charge in [-0.2, -0.15) is 0 Å². The molecule has 152 valence electrons. The van der Waals surface area contributed by atoms with Gasteiger partial charge in [0.15, 0.2) is 0 Å². The Balaban J connectivity index is 1.37. The fourth-order valence-corrected chi connectivity index (χ4v) is 4.17. The standard InChI is InChI=1S/C21H20Cl2FN3O2/c22-15-1-3-16(4-2-15)25-7-9-26(10-8-25)21(29)14-11-20(28)27(13-14)17-5-6-19(24)18(23)12-17/h1-6,12,14H,7-11,13H2/t14-/m1/s1. The van der Waals surface area contributed by atoms with Gasteiger partial charge >= 0.3 is 0 Å². The maximum atomic E-state index is 13.4. The Morgan fingerprint density at radius 2 is 1.62 bits per heavy atom. The van der Waals surface area contributed by atoms with Gasteiger partial charge in [0.25, 0.3) is 0 Å². The summed E-state index contributed by atoms with van der Waals surface area (Å²) in [5, 5.41) is 0.656. The van der Waals surface area contributed by atoms with Gasteiger partial charge in [0.1, 0.15) is 5.82 Å². The summed E-state index contributed by atoms with van der Waals surface area (Å²) in [5.74, 6) is -1.09. The third-order valence-electron chi connectivity index (χ3n) is 5.47. The van der Waals surface area contributed by atoms with Crippen LogP contribution in [0.25, 0.3) is 0 Å². The predicted octanol–water partition coefficient (Wildman–Crippen LogP) is 3.83. The zero-order valence-electron chi connectivity index (χ0n) is 15.7. The van der Waals surface area contributed by atoms with Crippen LogP contribution in [0.2, 0.25) is 10.0 Å². The molecule has 2 fully saturated rings. The Hall–Kier alpha value is -2.31. The van der Waals surface area contributed by atoms with E-state index in [0.717, 1.165) is 18.8 Å². The third kappa shape index (κ3) is 4.19. The molecule has 29 heavy (non-hydrogen) atoms. The summed E-state index contributed by atoms with van der Waals surface area (Å²) in [4.78, 5) is 30.9. The Bertz CT molecular complexity index is 930. The number of carbonyl (C=O) groups is 2. The lowest BCUT2D eigenvalue weighted by molar-refractivity contribution is -0.136. The number of nitrogens with zero attached hydrogens (tertiary/aromatic N) is 3. The lowest BCUT2D eigenvalue weighted by atomic mass is 10.1. The number of anilines is 2. The first kappa shape index (κ1) is 20.0. The number of benzene rings is 2. The molecule has 2 amide bonds. The second-order valence-electron chi connectivity index (χ2n) is 7.29.